The summed E-state index contributed by atoms with van der Waals surface area (Å²) in [5.41, 5.74) is 2.46. The van der Waals surface area contributed by atoms with Gasteiger partial charge in [-0.25, -0.2) is 9.37 Å². The predicted molar refractivity (Wildman–Crippen MR) is 131 cm³/mol. The smallest absolute Gasteiger partial charge is 0.297 e. The maximum Gasteiger partial charge on any atom is 0.297 e. The summed E-state index contributed by atoms with van der Waals surface area (Å²) in [5, 5.41) is 0.247. The van der Waals surface area contributed by atoms with Crippen LogP contribution in [0.3, 0.4) is 0 Å². The Balaban J connectivity index is 1.61. The van der Waals surface area contributed by atoms with Crippen molar-refractivity contribution < 1.29 is 23.5 Å². The molecule has 1 amide bonds. The van der Waals surface area contributed by atoms with Crippen LogP contribution in [-0.4, -0.2) is 29.1 Å². The number of thiazole rings is 1. The average molecular weight is 489 g/mol. The van der Waals surface area contributed by atoms with Crippen LogP contribution in [0, 0.1) is 18.7 Å². The van der Waals surface area contributed by atoms with E-state index >= 15 is 0 Å². The summed E-state index contributed by atoms with van der Waals surface area (Å²) >= 11 is 1.11. The van der Waals surface area contributed by atoms with E-state index in [-0.39, 0.29) is 5.13 Å². The lowest BCUT2D eigenvalue weighted by molar-refractivity contribution is -0.135. The van der Waals surface area contributed by atoms with Gasteiger partial charge >= 0.3 is 0 Å². The summed E-state index contributed by atoms with van der Waals surface area (Å²) in [5.74, 6) is -3.11. The fraction of sp³-hybridized carbons (Fsp3) is 0.185. The van der Waals surface area contributed by atoms with Gasteiger partial charge in [-0.2, -0.15) is 0 Å². The number of halogens is 1. The van der Waals surface area contributed by atoms with Gasteiger partial charge in [-0.05, 0) is 61.9 Å². The topological polar surface area (TPSA) is 76.6 Å². The van der Waals surface area contributed by atoms with E-state index in [9.17, 15) is 18.8 Å². The molecule has 1 aromatic heterocycles. The third kappa shape index (κ3) is 4.10. The molecule has 176 valence electrons. The Morgan fingerprint density at radius 3 is 2.46 bits per heavy atom. The van der Waals surface area contributed by atoms with Crippen LogP contribution in [0.15, 0.2) is 66.7 Å². The molecule has 35 heavy (non-hydrogen) atoms. The van der Waals surface area contributed by atoms with E-state index in [4.69, 9.17) is 4.74 Å². The molecule has 0 saturated carbocycles. The van der Waals surface area contributed by atoms with E-state index in [2.05, 4.69) is 4.98 Å². The molecule has 1 fully saturated rings. The van der Waals surface area contributed by atoms with Crippen LogP contribution in [-0.2, 0) is 9.59 Å². The van der Waals surface area contributed by atoms with Gasteiger partial charge in [0.2, 0.25) is 5.78 Å². The number of ether oxygens (including phenoxy) is 1. The first kappa shape index (κ1) is 22.9. The molecule has 0 radical (unpaired) electrons. The number of carbonyl (C=O) groups excluding carboxylic acids is 3. The second-order valence-electron chi connectivity index (χ2n) is 8.30. The number of carbonyl (C=O) groups is 3. The molecule has 0 spiro atoms. The van der Waals surface area contributed by atoms with Gasteiger partial charge in [0, 0.05) is 5.56 Å². The number of benzene rings is 3. The van der Waals surface area contributed by atoms with Crippen molar-refractivity contribution in [3.63, 3.8) is 0 Å². The highest BCUT2D eigenvalue weighted by Gasteiger charge is 2.53. The fourth-order valence-electron chi connectivity index (χ4n) is 4.29. The van der Waals surface area contributed by atoms with Gasteiger partial charge in [-0.1, -0.05) is 41.2 Å². The summed E-state index contributed by atoms with van der Waals surface area (Å²) in [6, 6.07) is 17.2. The Bertz CT molecular complexity index is 1450. The number of aromatic nitrogens is 1. The van der Waals surface area contributed by atoms with E-state index in [1.54, 1.807) is 24.3 Å². The zero-order chi connectivity index (χ0) is 24.7. The molecule has 1 aliphatic rings. The lowest BCUT2D eigenvalue weighted by Crippen LogP contribution is -2.30. The molecule has 3 aromatic carbocycles. The van der Waals surface area contributed by atoms with Crippen molar-refractivity contribution in [3.8, 4) is 5.75 Å². The van der Waals surface area contributed by atoms with E-state index < -0.39 is 35.3 Å². The van der Waals surface area contributed by atoms with Crippen molar-refractivity contribution in [2.45, 2.75) is 19.9 Å². The van der Waals surface area contributed by atoms with Crippen molar-refractivity contribution in [2.75, 3.05) is 11.5 Å². The van der Waals surface area contributed by atoms with Crippen LogP contribution in [0.1, 0.15) is 34.5 Å². The van der Waals surface area contributed by atoms with Crippen LogP contribution in [0.2, 0.25) is 0 Å². The average Bonchev–Trinajstić information content (AvgIpc) is 3.37. The third-order valence-corrected chi connectivity index (χ3v) is 7.02. The molecule has 2 heterocycles. The molecular weight excluding hydrogens is 467 g/mol. The summed E-state index contributed by atoms with van der Waals surface area (Å²) in [7, 11) is 0. The number of anilines is 1. The zero-order valence-corrected chi connectivity index (χ0v) is 19.8. The van der Waals surface area contributed by atoms with Crippen LogP contribution in [0.25, 0.3) is 10.2 Å². The van der Waals surface area contributed by atoms with Gasteiger partial charge in [-0.3, -0.25) is 19.3 Å². The van der Waals surface area contributed by atoms with E-state index in [1.165, 1.54) is 23.1 Å². The standard InChI is InChI=1S/C27H21FN2O4S/c1-3-34-19-11-8-17(9-12-19)24(31)22-23(16-6-4-15(2)5-7-16)30(26(33)25(22)32)27-29-20-13-10-18(28)14-21(20)35-27/h4-14,22-23H,3H2,1-2H3. The molecule has 2 unspecified atom stereocenters. The van der Waals surface area contributed by atoms with Gasteiger partial charge in [0.25, 0.3) is 5.91 Å². The number of hydrogen-bond acceptors (Lipinski definition) is 6. The van der Waals surface area contributed by atoms with Crippen molar-refractivity contribution in [2.24, 2.45) is 5.92 Å². The Kier molecular flexibility index (Phi) is 5.90. The Hall–Kier alpha value is -3.91. The number of amides is 1. The first-order chi connectivity index (χ1) is 16.9. The molecule has 0 bridgehead atoms. The highest BCUT2D eigenvalue weighted by Crippen LogP contribution is 2.43. The summed E-state index contributed by atoms with van der Waals surface area (Å²) in [6.45, 7) is 4.27. The van der Waals surface area contributed by atoms with E-state index in [0.717, 1.165) is 16.9 Å². The largest absolute Gasteiger partial charge is 0.494 e. The first-order valence-corrected chi connectivity index (χ1v) is 12.0. The van der Waals surface area contributed by atoms with Crippen LogP contribution in [0.4, 0.5) is 9.52 Å². The van der Waals surface area contributed by atoms with Crippen LogP contribution in [0.5, 0.6) is 5.75 Å². The van der Waals surface area contributed by atoms with Crippen molar-refractivity contribution in [3.05, 3.63) is 89.2 Å². The number of aryl methyl sites for hydroxylation is 1. The minimum atomic E-state index is -1.24. The van der Waals surface area contributed by atoms with Crippen molar-refractivity contribution in [1.29, 1.82) is 0 Å². The molecule has 1 aliphatic heterocycles. The molecule has 6 nitrogen and oxygen atoms in total. The van der Waals surface area contributed by atoms with Gasteiger partial charge in [0.05, 0.1) is 22.9 Å². The molecule has 8 heteroatoms. The predicted octanol–water partition coefficient (Wildman–Crippen LogP) is 5.30. The van der Waals surface area contributed by atoms with Crippen LogP contribution < -0.4 is 9.64 Å². The van der Waals surface area contributed by atoms with Gasteiger partial charge < -0.3 is 4.74 Å². The lowest BCUT2D eigenvalue weighted by atomic mass is 9.86. The minimum absolute atomic E-state index is 0.247. The number of fused-ring (bicyclic) bond motifs is 1. The lowest BCUT2D eigenvalue weighted by Gasteiger charge is -2.25. The van der Waals surface area contributed by atoms with Gasteiger partial charge in [0.1, 0.15) is 17.5 Å². The Morgan fingerprint density at radius 2 is 1.77 bits per heavy atom. The monoisotopic (exact) mass is 488 g/mol. The maximum absolute atomic E-state index is 13.8. The highest BCUT2D eigenvalue weighted by atomic mass is 32.1. The number of ketones is 2. The second-order valence-corrected chi connectivity index (χ2v) is 9.31. The van der Waals surface area contributed by atoms with Crippen molar-refractivity contribution >= 4 is 44.2 Å². The first-order valence-electron chi connectivity index (χ1n) is 11.1. The van der Waals surface area contributed by atoms with Crippen LogP contribution >= 0.6 is 11.3 Å². The molecule has 0 aliphatic carbocycles. The summed E-state index contributed by atoms with van der Waals surface area (Å²) in [4.78, 5) is 45.9. The number of hydrogen-bond donors (Lipinski definition) is 0. The van der Waals surface area contributed by atoms with E-state index in [0.29, 0.717) is 33.7 Å². The summed E-state index contributed by atoms with van der Waals surface area (Å²) in [6.07, 6.45) is 0. The van der Waals surface area contributed by atoms with Gasteiger partial charge in [-0.15, -0.1) is 0 Å². The van der Waals surface area contributed by atoms with Crippen molar-refractivity contribution in [1.82, 2.24) is 4.98 Å². The molecular formula is C27H21FN2O4S. The molecule has 1 saturated heterocycles. The zero-order valence-electron chi connectivity index (χ0n) is 19.0. The highest BCUT2D eigenvalue weighted by molar-refractivity contribution is 7.22. The van der Waals surface area contributed by atoms with Gasteiger partial charge in [0.15, 0.2) is 10.9 Å². The third-order valence-electron chi connectivity index (χ3n) is 6.00. The molecule has 0 N–H and O–H groups in total. The SMILES string of the molecule is CCOc1ccc(C(=O)C2C(=O)C(=O)N(c3nc4ccc(F)cc4s3)C2c2ccc(C)cc2)cc1. The minimum Gasteiger partial charge on any atom is -0.494 e. The van der Waals surface area contributed by atoms with E-state index in [1.807, 2.05) is 38.1 Å². The number of Topliss-reactive ketones (excluding diaryl/α,β-unsaturated/α-hetero) is 2. The quantitative estimate of drug-likeness (QED) is 0.209. The number of rotatable bonds is 6. The molecule has 5 rings (SSSR count). The fourth-order valence-corrected chi connectivity index (χ4v) is 5.32. The second kappa shape index (κ2) is 9.03. The summed E-state index contributed by atoms with van der Waals surface area (Å²) < 4.78 is 19.8. The molecule has 4 aromatic rings. The molecule has 2 atom stereocenters. The Morgan fingerprint density at radius 1 is 1.06 bits per heavy atom. The normalized spacial score (nSPS) is 17.9. The number of nitrogens with zero attached hydrogens (tertiary/aromatic N) is 2. The maximum atomic E-state index is 13.8. The Labute approximate surface area is 205 Å².